The van der Waals surface area contributed by atoms with Gasteiger partial charge in [0.1, 0.15) is 16.4 Å². The Labute approximate surface area is 87.1 Å². The molecular formula is C6HClN2O5S. The SMILES string of the molecule is O=c1nc2c(=O)c(S(=O)(=O)O)nc-2c1Cl. The summed E-state index contributed by atoms with van der Waals surface area (Å²) in [6, 6.07) is 0. The van der Waals surface area contributed by atoms with E-state index in [1.807, 2.05) is 0 Å². The van der Waals surface area contributed by atoms with E-state index in [2.05, 4.69) is 9.97 Å². The van der Waals surface area contributed by atoms with Crippen molar-refractivity contribution in [2.24, 2.45) is 0 Å². The van der Waals surface area contributed by atoms with Gasteiger partial charge in [-0.1, -0.05) is 11.6 Å². The molecule has 0 aromatic heterocycles. The van der Waals surface area contributed by atoms with Gasteiger partial charge in [-0.05, 0) is 0 Å². The van der Waals surface area contributed by atoms with Crippen LogP contribution >= 0.6 is 11.6 Å². The average molecular weight is 249 g/mol. The number of fused-ring (bicyclic) bond motifs is 1. The third-order valence-electron chi connectivity index (χ3n) is 1.70. The van der Waals surface area contributed by atoms with E-state index < -0.39 is 36.8 Å². The Hall–Kier alpha value is -1.38. The summed E-state index contributed by atoms with van der Waals surface area (Å²) in [6.45, 7) is 0. The van der Waals surface area contributed by atoms with Gasteiger partial charge in [-0.15, -0.1) is 0 Å². The highest BCUT2D eigenvalue weighted by Gasteiger charge is 2.30. The monoisotopic (exact) mass is 248 g/mol. The normalized spacial score (nSPS) is 12.4. The summed E-state index contributed by atoms with van der Waals surface area (Å²) in [5.74, 6) is 0. The topological polar surface area (TPSA) is 114 Å². The fourth-order valence-corrected chi connectivity index (χ4v) is 1.81. The van der Waals surface area contributed by atoms with Crippen LogP contribution < -0.4 is 11.0 Å². The molecule has 2 heterocycles. The Morgan fingerprint density at radius 1 is 1.13 bits per heavy atom. The Morgan fingerprint density at radius 2 is 1.73 bits per heavy atom. The lowest BCUT2D eigenvalue weighted by Gasteiger charge is -1.84. The Morgan fingerprint density at radius 3 is 2.20 bits per heavy atom. The first-order chi connectivity index (χ1) is 6.82. The van der Waals surface area contributed by atoms with Gasteiger partial charge in [-0.25, -0.2) is 9.97 Å². The van der Waals surface area contributed by atoms with Gasteiger partial charge in [0.25, 0.3) is 5.56 Å². The molecule has 2 rings (SSSR count). The fourth-order valence-electron chi connectivity index (χ4n) is 1.10. The van der Waals surface area contributed by atoms with Gasteiger partial charge in [0.05, 0.1) is 0 Å². The molecule has 0 spiro atoms. The van der Waals surface area contributed by atoms with Crippen LogP contribution in [0.25, 0.3) is 11.4 Å². The molecule has 2 aliphatic rings. The molecule has 15 heavy (non-hydrogen) atoms. The molecule has 0 radical (unpaired) electrons. The van der Waals surface area contributed by atoms with Crippen molar-refractivity contribution in [2.45, 2.75) is 5.03 Å². The summed E-state index contributed by atoms with van der Waals surface area (Å²) in [7, 11) is -4.72. The Kier molecular flexibility index (Phi) is 1.90. The van der Waals surface area contributed by atoms with Crippen LogP contribution in [0.5, 0.6) is 0 Å². The summed E-state index contributed by atoms with van der Waals surface area (Å²) in [6.07, 6.45) is 0. The van der Waals surface area contributed by atoms with E-state index in [1.54, 1.807) is 0 Å². The highest BCUT2D eigenvalue weighted by molar-refractivity contribution is 7.85. The lowest BCUT2D eigenvalue weighted by Crippen LogP contribution is -2.12. The third-order valence-corrected chi connectivity index (χ3v) is 2.81. The van der Waals surface area contributed by atoms with Crippen LogP contribution in [0.1, 0.15) is 0 Å². The second-order valence-corrected chi connectivity index (χ2v) is 4.36. The van der Waals surface area contributed by atoms with E-state index in [1.165, 1.54) is 0 Å². The molecule has 2 aliphatic heterocycles. The molecule has 0 aliphatic carbocycles. The zero-order valence-corrected chi connectivity index (χ0v) is 8.33. The molecule has 0 atom stereocenters. The van der Waals surface area contributed by atoms with E-state index in [4.69, 9.17) is 16.2 Å². The average Bonchev–Trinajstić information content (AvgIpc) is 2.54. The van der Waals surface area contributed by atoms with Crippen molar-refractivity contribution in [1.82, 2.24) is 9.97 Å². The molecular weight excluding hydrogens is 248 g/mol. The largest absolute Gasteiger partial charge is 0.316 e. The van der Waals surface area contributed by atoms with Crippen molar-refractivity contribution in [3.63, 3.8) is 0 Å². The number of halogens is 1. The number of nitrogens with zero attached hydrogens (tertiary/aromatic N) is 2. The first-order valence-corrected chi connectivity index (χ1v) is 5.28. The molecule has 0 fully saturated rings. The van der Waals surface area contributed by atoms with Gasteiger partial charge in [0.15, 0.2) is 0 Å². The molecule has 0 amide bonds. The Bertz CT molecular complexity index is 699. The van der Waals surface area contributed by atoms with Crippen molar-refractivity contribution >= 4 is 21.7 Å². The summed E-state index contributed by atoms with van der Waals surface area (Å²) in [5, 5.41) is -1.50. The van der Waals surface area contributed by atoms with E-state index in [-0.39, 0.29) is 5.69 Å². The molecule has 0 bridgehead atoms. The van der Waals surface area contributed by atoms with Crippen LogP contribution in [-0.4, -0.2) is 22.9 Å². The van der Waals surface area contributed by atoms with Crippen molar-refractivity contribution in [3.8, 4) is 11.4 Å². The van der Waals surface area contributed by atoms with Crippen LogP contribution in [-0.2, 0) is 10.1 Å². The lowest BCUT2D eigenvalue weighted by atomic mass is 10.4. The van der Waals surface area contributed by atoms with E-state index >= 15 is 0 Å². The van der Waals surface area contributed by atoms with Crippen LogP contribution in [0.15, 0.2) is 14.6 Å². The van der Waals surface area contributed by atoms with E-state index in [9.17, 15) is 18.0 Å². The lowest BCUT2D eigenvalue weighted by molar-refractivity contribution is 0.479. The van der Waals surface area contributed by atoms with Crippen molar-refractivity contribution in [3.05, 3.63) is 25.6 Å². The maximum absolute atomic E-state index is 11.3. The molecule has 0 aromatic rings. The van der Waals surface area contributed by atoms with Gasteiger partial charge >= 0.3 is 10.1 Å². The first kappa shape index (κ1) is 10.1. The minimum absolute atomic E-state index is 0.306. The molecule has 0 aromatic carbocycles. The third kappa shape index (κ3) is 1.34. The number of rotatable bonds is 1. The first-order valence-electron chi connectivity index (χ1n) is 3.46. The summed E-state index contributed by atoms with van der Waals surface area (Å²) in [4.78, 5) is 28.6. The minimum Gasteiger partial charge on any atom is -0.284 e. The molecule has 78 valence electrons. The summed E-state index contributed by atoms with van der Waals surface area (Å²) in [5.41, 5.74) is -2.73. The molecule has 0 unspecified atom stereocenters. The maximum atomic E-state index is 11.3. The van der Waals surface area contributed by atoms with Gasteiger partial charge in [-0.3, -0.25) is 14.1 Å². The standard InChI is InChI=1S/C6HClN2O5S/c7-1-2-3(8-5(1)11)4(10)6(9-2)15(12,13)14/h(H,12,13,14). The Balaban J connectivity index is 2.96. The van der Waals surface area contributed by atoms with Crippen LogP contribution in [0.3, 0.4) is 0 Å². The maximum Gasteiger partial charge on any atom is 0.316 e. The number of hydrogen-bond acceptors (Lipinski definition) is 6. The smallest absolute Gasteiger partial charge is 0.284 e. The minimum atomic E-state index is -4.72. The zero-order chi connectivity index (χ0) is 11.4. The van der Waals surface area contributed by atoms with Gasteiger partial charge < -0.3 is 0 Å². The van der Waals surface area contributed by atoms with Gasteiger partial charge in [0.2, 0.25) is 10.5 Å². The van der Waals surface area contributed by atoms with Crippen molar-refractivity contribution in [1.29, 1.82) is 0 Å². The molecule has 1 N–H and O–H groups in total. The second kappa shape index (κ2) is 2.81. The highest BCUT2D eigenvalue weighted by atomic mass is 35.5. The summed E-state index contributed by atoms with van der Waals surface area (Å²) >= 11 is 5.42. The van der Waals surface area contributed by atoms with Crippen LogP contribution in [0.2, 0.25) is 5.02 Å². The molecule has 0 saturated heterocycles. The molecule has 9 heteroatoms. The number of hydrogen-bond donors (Lipinski definition) is 1. The molecule has 7 nitrogen and oxygen atoms in total. The highest BCUT2D eigenvalue weighted by Crippen LogP contribution is 2.23. The van der Waals surface area contributed by atoms with Crippen LogP contribution in [0.4, 0.5) is 0 Å². The zero-order valence-electron chi connectivity index (χ0n) is 6.76. The number of aromatic nitrogens is 2. The van der Waals surface area contributed by atoms with Crippen LogP contribution in [0, 0.1) is 0 Å². The van der Waals surface area contributed by atoms with Gasteiger partial charge in [0, 0.05) is 0 Å². The predicted octanol–water partition coefficient (Wildman–Crippen LogP) is -0.922. The fraction of sp³-hybridized carbons (Fsp3) is 0. The van der Waals surface area contributed by atoms with Crippen molar-refractivity contribution in [2.75, 3.05) is 0 Å². The van der Waals surface area contributed by atoms with E-state index in [0.29, 0.717) is 0 Å². The summed E-state index contributed by atoms with van der Waals surface area (Å²) < 4.78 is 29.9. The van der Waals surface area contributed by atoms with Crippen molar-refractivity contribution < 1.29 is 13.0 Å². The quantitative estimate of drug-likeness (QED) is 0.649. The molecule has 0 saturated carbocycles. The second-order valence-electron chi connectivity index (χ2n) is 2.65. The predicted molar refractivity (Wildman–Crippen MR) is 48.4 cm³/mol. The van der Waals surface area contributed by atoms with E-state index in [0.717, 1.165) is 0 Å². The van der Waals surface area contributed by atoms with Gasteiger partial charge in [-0.2, -0.15) is 8.42 Å².